The third-order valence-electron chi connectivity index (χ3n) is 7.90. The molecule has 1 saturated heterocycles. The number of unbranched alkanes of at least 4 members (excludes halogenated alkanes) is 1. The zero-order valence-electron chi connectivity index (χ0n) is 27.6. The number of likely N-dealkylation sites (tertiary alicyclic amines) is 1. The Hall–Kier alpha value is -4.37. The van der Waals surface area contributed by atoms with Crippen LogP contribution in [0.3, 0.4) is 0 Å². The number of hydrogen-bond donors (Lipinski definition) is 2. The number of carbonyl (C=O) groups is 3. The molecule has 0 radical (unpaired) electrons. The van der Waals surface area contributed by atoms with E-state index in [9.17, 15) is 14.4 Å². The monoisotopic (exact) mass is 628 g/mol. The molecule has 1 fully saturated rings. The summed E-state index contributed by atoms with van der Waals surface area (Å²) in [5.41, 5.74) is 3.65. The minimum Gasteiger partial charge on any atom is -0.456 e. The van der Waals surface area contributed by atoms with E-state index in [1.165, 1.54) is 0 Å². The summed E-state index contributed by atoms with van der Waals surface area (Å²) in [6.07, 6.45) is 3.15. The number of piperidine rings is 1. The molecule has 4 rings (SSSR count). The van der Waals surface area contributed by atoms with E-state index in [1.54, 1.807) is 12.1 Å². The maximum Gasteiger partial charge on any atom is 0.411 e. The van der Waals surface area contributed by atoms with Crippen molar-refractivity contribution in [2.24, 2.45) is 0 Å². The predicted octanol–water partition coefficient (Wildman–Crippen LogP) is 7.06. The molecule has 1 heterocycles. The Balaban J connectivity index is 1.07. The Morgan fingerprint density at radius 2 is 1.57 bits per heavy atom. The molecule has 0 aromatic heterocycles. The Kier molecular flexibility index (Phi) is 12.6. The lowest BCUT2D eigenvalue weighted by atomic mass is 10.0. The van der Waals surface area contributed by atoms with Crippen molar-refractivity contribution >= 4 is 29.3 Å². The minimum absolute atomic E-state index is 0.129. The average molecular weight is 629 g/mol. The van der Waals surface area contributed by atoms with Crippen molar-refractivity contribution in [3.8, 4) is 11.1 Å². The lowest BCUT2D eigenvalue weighted by molar-refractivity contribution is -0.130. The summed E-state index contributed by atoms with van der Waals surface area (Å²) in [7, 11) is 1.86. The molecule has 2 N–H and O–H groups in total. The molecule has 2 amide bonds. The van der Waals surface area contributed by atoms with Crippen molar-refractivity contribution in [3.05, 3.63) is 84.4 Å². The van der Waals surface area contributed by atoms with Crippen LogP contribution >= 0.6 is 0 Å². The summed E-state index contributed by atoms with van der Waals surface area (Å²) < 4.78 is 11.2. The molecular weight excluding hydrogens is 580 g/mol. The summed E-state index contributed by atoms with van der Waals surface area (Å²) in [6.45, 7) is 9.41. The van der Waals surface area contributed by atoms with Crippen LogP contribution in [0.4, 0.5) is 16.2 Å². The van der Waals surface area contributed by atoms with E-state index in [4.69, 9.17) is 9.47 Å². The number of nitrogens with one attached hydrogen (secondary N) is 2. The van der Waals surface area contributed by atoms with Crippen LogP contribution in [0.15, 0.2) is 78.9 Å². The molecule has 0 aliphatic carbocycles. The van der Waals surface area contributed by atoms with E-state index in [0.29, 0.717) is 18.5 Å². The molecule has 0 spiro atoms. The number of amides is 2. The van der Waals surface area contributed by atoms with Gasteiger partial charge in [0.2, 0.25) is 5.91 Å². The van der Waals surface area contributed by atoms with Crippen LogP contribution in [0.5, 0.6) is 0 Å². The normalized spacial score (nSPS) is 13.9. The predicted molar refractivity (Wildman–Crippen MR) is 183 cm³/mol. The van der Waals surface area contributed by atoms with E-state index in [-0.39, 0.29) is 18.0 Å². The third kappa shape index (κ3) is 11.2. The van der Waals surface area contributed by atoms with Gasteiger partial charge in [0.25, 0.3) is 0 Å². The molecule has 9 heteroatoms. The van der Waals surface area contributed by atoms with Gasteiger partial charge in [-0.3, -0.25) is 10.1 Å². The number of anilines is 2. The number of benzene rings is 3. The molecule has 46 heavy (non-hydrogen) atoms. The fourth-order valence-corrected chi connectivity index (χ4v) is 5.31. The second-order valence-electron chi connectivity index (χ2n) is 12.8. The number of para-hydroxylation sites is 1. The van der Waals surface area contributed by atoms with E-state index in [0.717, 1.165) is 74.4 Å². The van der Waals surface area contributed by atoms with Crippen LogP contribution in [-0.2, 0) is 14.3 Å². The highest BCUT2D eigenvalue weighted by atomic mass is 16.6. The highest BCUT2D eigenvalue weighted by Gasteiger charge is 2.23. The molecule has 3 aromatic rings. The Bertz CT molecular complexity index is 1410. The molecule has 246 valence electrons. The van der Waals surface area contributed by atoms with E-state index < -0.39 is 11.7 Å². The van der Waals surface area contributed by atoms with Gasteiger partial charge in [-0.2, -0.15) is 0 Å². The minimum atomic E-state index is -0.523. The van der Waals surface area contributed by atoms with Gasteiger partial charge in [-0.15, -0.1) is 0 Å². The third-order valence-corrected chi connectivity index (χ3v) is 7.90. The van der Waals surface area contributed by atoms with Gasteiger partial charge in [0.15, 0.2) is 0 Å². The first-order valence-corrected chi connectivity index (χ1v) is 16.2. The lowest BCUT2D eigenvalue weighted by Gasteiger charge is -2.32. The largest absolute Gasteiger partial charge is 0.456 e. The molecular formula is C37H48N4O5. The highest BCUT2D eigenvalue weighted by Crippen LogP contribution is 2.28. The highest BCUT2D eigenvalue weighted by molar-refractivity contribution is 5.91. The summed E-state index contributed by atoms with van der Waals surface area (Å²) in [6, 6.07) is 24.9. The smallest absolute Gasteiger partial charge is 0.411 e. The Morgan fingerprint density at radius 1 is 0.891 bits per heavy atom. The number of esters is 1. The van der Waals surface area contributed by atoms with Crippen molar-refractivity contribution in [1.82, 2.24) is 9.80 Å². The second-order valence-corrected chi connectivity index (χ2v) is 12.8. The number of rotatable bonds is 13. The number of likely N-dealkylation sites (N-methyl/N-ethyl adjacent to an activating group) is 1. The number of hydrogen-bond acceptors (Lipinski definition) is 7. The number of ether oxygens (including phenoxy) is 2. The van der Waals surface area contributed by atoms with Crippen molar-refractivity contribution in [2.75, 3.05) is 50.4 Å². The Labute approximate surface area is 273 Å². The molecule has 1 aliphatic heterocycles. The maximum absolute atomic E-state index is 12.7. The fraction of sp³-hybridized carbons (Fsp3) is 0.432. The molecule has 9 nitrogen and oxygen atoms in total. The van der Waals surface area contributed by atoms with Crippen molar-refractivity contribution < 1.29 is 23.9 Å². The first kappa shape index (κ1) is 34.5. The van der Waals surface area contributed by atoms with Crippen molar-refractivity contribution in [2.45, 2.75) is 64.6 Å². The second kappa shape index (κ2) is 16.8. The topological polar surface area (TPSA) is 100 Å². The maximum atomic E-state index is 12.7. The first-order chi connectivity index (χ1) is 22.1. The van der Waals surface area contributed by atoms with Gasteiger partial charge in [0, 0.05) is 57.4 Å². The van der Waals surface area contributed by atoms with Crippen molar-refractivity contribution in [1.29, 1.82) is 0 Å². The standard InChI is InChI=1S/C37H48N4O5/c1-37(2,3)46-35(43)29-17-19-30(20-18-29)38-23-11-10-16-34(42)40(4)26-27-41-24-21-31(22-25-41)45-36(44)39-33-15-9-8-14-32(33)28-12-6-5-7-13-28/h5-9,12-15,17-20,31,38H,10-11,16,21-27H2,1-4H3,(H,39,44). The summed E-state index contributed by atoms with van der Waals surface area (Å²) in [5, 5.41) is 6.27. The van der Waals surface area contributed by atoms with Gasteiger partial charge >= 0.3 is 12.1 Å². The summed E-state index contributed by atoms with van der Waals surface area (Å²) in [5.74, 6) is -0.186. The Morgan fingerprint density at radius 3 is 2.26 bits per heavy atom. The van der Waals surface area contributed by atoms with Crippen LogP contribution in [0.25, 0.3) is 11.1 Å². The fourth-order valence-electron chi connectivity index (χ4n) is 5.31. The molecule has 1 aliphatic rings. The quantitative estimate of drug-likeness (QED) is 0.154. The van der Waals surface area contributed by atoms with Gasteiger partial charge in [0.05, 0.1) is 11.3 Å². The lowest BCUT2D eigenvalue weighted by Crippen LogP contribution is -2.42. The van der Waals surface area contributed by atoms with Gasteiger partial charge in [-0.25, -0.2) is 9.59 Å². The van der Waals surface area contributed by atoms with E-state index >= 15 is 0 Å². The number of carbonyl (C=O) groups excluding carboxylic acids is 3. The molecule has 3 aromatic carbocycles. The van der Waals surface area contributed by atoms with E-state index in [2.05, 4.69) is 15.5 Å². The molecule has 0 saturated carbocycles. The van der Waals surface area contributed by atoms with Crippen LogP contribution in [-0.4, -0.2) is 79.2 Å². The SMILES string of the molecule is CN(CCN1CCC(OC(=O)Nc2ccccc2-c2ccccc2)CC1)C(=O)CCCCNc1ccc(C(=O)OC(C)(C)C)cc1. The van der Waals surface area contributed by atoms with Crippen LogP contribution in [0, 0.1) is 0 Å². The van der Waals surface area contributed by atoms with Gasteiger partial charge in [0.1, 0.15) is 11.7 Å². The first-order valence-electron chi connectivity index (χ1n) is 16.2. The van der Waals surface area contributed by atoms with Crippen LogP contribution in [0.2, 0.25) is 0 Å². The number of nitrogens with zero attached hydrogens (tertiary/aromatic N) is 2. The molecule has 0 atom stereocenters. The molecule has 0 bridgehead atoms. The van der Waals surface area contributed by atoms with E-state index in [1.807, 2.05) is 99.4 Å². The molecule has 0 unspecified atom stereocenters. The van der Waals surface area contributed by atoms with Crippen LogP contribution in [0.1, 0.15) is 63.2 Å². The average Bonchev–Trinajstić information content (AvgIpc) is 3.04. The van der Waals surface area contributed by atoms with Crippen molar-refractivity contribution in [3.63, 3.8) is 0 Å². The van der Waals surface area contributed by atoms with Gasteiger partial charge < -0.3 is 24.6 Å². The zero-order valence-corrected chi connectivity index (χ0v) is 27.6. The zero-order chi connectivity index (χ0) is 32.9. The summed E-state index contributed by atoms with van der Waals surface area (Å²) >= 11 is 0. The van der Waals surface area contributed by atoms with Gasteiger partial charge in [-0.05, 0) is 82.3 Å². The van der Waals surface area contributed by atoms with Crippen LogP contribution < -0.4 is 10.6 Å². The van der Waals surface area contributed by atoms with Gasteiger partial charge in [-0.1, -0.05) is 48.5 Å². The summed E-state index contributed by atoms with van der Waals surface area (Å²) in [4.78, 5) is 41.7.